The highest BCUT2D eigenvalue weighted by molar-refractivity contribution is 6.22. The molecule has 1 unspecified atom stereocenters. The van der Waals surface area contributed by atoms with E-state index in [1.165, 1.54) is 11.1 Å². The number of rotatable bonds is 6. The first kappa shape index (κ1) is 32.4. The molecule has 0 saturated carbocycles. The summed E-state index contributed by atoms with van der Waals surface area (Å²) in [5, 5.41) is 17.3. The monoisotopic (exact) mass is 706 g/mol. The van der Waals surface area contributed by atoms with E-state index < -0.39 is 0 Å². The van der Waals surface area contributed by atoms with Crippen molar-refractivity contribution >= 4 is 50.0 Å². The lowest BCUT2D eigenvalue weighted by atomic mass is 9.90. The lowest BCUT2D eigenvalue weighted by Crippen LogP contribution is -2.33. The minimum absolute atomic E-state index is 0.208. The van der Waals surface area contributed by atoms with Gasteiger partial charge in [0.2, 0.25) is 0 Å². The van der Waals surface area contributed by atoms with E-state index in [1.54, 1.807) is 0 Å². The summed E-state index contributed by atoms with van der Waals surface area (Å²) < 4.78 is 6.62. The standard InChI is InChI=1S/C50H34N4O/c51-31-32-18-20-36(21-19-32)43-30-44-46-40(16-9-17-45(46)55-47(44)42-15-8-7-14-41(42)43)35-26-22-33(23-27-35)34-24-28-39(29-25-34)50-53-48(37-10-3-1-4-11-37)52-49(54-50)38-12-5-2-6-13-38/h1-24,26-28,30,48H,25,29H2,(H,52,53,54). The molecule has 1 aliphatic carbocycles. The van der Waals surface area contributed by atoms with Crippen LogP contribution in [0, 0.1) is 11.3 Å². The van der Waals surface area contributed by atoms with E-state index in [1.807, 2.05) is 48.5 Å². The average molecular weight is 707 g/mol. The predicted octanol–water partition coefficient (Wildman–Crippen LogP) is 12.2. The number of aliphatic imine (C=N–C) groups is 2. The molecule has 2 aliphatic rings. The summed E-state index contributed by atoms with van der Waals surface area (Å²) in [6, 6.07) is 56.6. The van der Waals surface area contributed by atoms with E-state index in [9.17, 15) is 5.26 Å². The van der Waals surface area contributed by atoms with Gasteiger partial charge in [-0.25, -0.2) is 9.98 Å². The van der Waals surface area contributed by atoms with Crippen molar-refractivity contribution in [3.63, 3.8) is 0 Å². The molecule has 1 N–H and O–H groups in total. The number of nitrogens with zero attached hydrogens (tertiary/aromatic N) is 3. The van der Waals surface area contributed by atoms with Crippen LogP contribution < -0.4 is 5.32 Å². The Morgan fingerprint density at radius 2 is 1.24 bits per heavy atom. The predicted molar refractivity (Wildman–Crippen MR) is 225 cm³/mol. The van der Waals surface area contributed by atoms with Crippen molar-refractivity contribution in [2.75, 3.05) is 0 Å². The highest BCUT2D eigenvalue weighted by atomic mass is 16.3. The summed E-state index contributed by atoms with van der Waals surface area (Å²) in [6.07, 6.45) is 5.97. The van der Waals surface area contributed by atoms with E-state index >= 15 is 0 Å². The molecule has 0 bridgehead atoms. The molecule has 7 aromatic carbocycles. The zero-order chi connectivity index (χ0) is 36.7. The SMILES string of the molecule is N#Cc1ccc(-c2cc3c(oc4cccc(-c5ccc(C6=CC=C(C7=NC(c8ccccc8)NC(c8ccccc8)=N7)CC6)cc5)c43)c3ccccc23)cc1. The van der Waals surface area contributed by atoms with Crippen molar-refractivity contribution in [2.45, 2.75) is 19.0 Å². The molecule has 1 aromatic heterocycles. The van der Waals surface area contributed by atoms with Crippen molar-refractivity contribution in [3.05, 3.63) is 198 Å². The maximum atomic E-state index is 9.40. The van der Waals surface area contributed by atoms with Gasteiger partial charge in [-0.1, -0.05) is 146 Å². The molecule has 260 valence electrons. The highest BCUT2D eigenvalue weighted by Gasteiger charge is 2.23. The van der Waals surface area contributed by atoms with Gasteiger partial charge in [0, 0.05) is 21.7 Å². The van der Waals surface area contributed by atoms with Gasteiger partial charge >= 0.3 is 0 Å². The highest BCUT2D eigenvalue weighted by Crippen LogP contribution is 2.43. The lowest BCUT2D eigenvalue weighted by molar-refractivity contribution is 0.672. The second kappa shape index (κ2) is 13.6. The minimum atomic E-state index is -0.208. The molecule has 5 heteroatoms. The first-order valence-corrected chi connectivity index (χ1v) is 18.6. The van der Waals surface area contributed by atoms with Crippen LogP contribution in [0.1, 0.15) is 41.3 Å². The number of nitrogens with one attached hydrogen (secondary N) is 1. The van der Waals surface area contributed by atoms with Gasteiger partial charge in [-0.3, -0.25) is 0 Å². The molecule has 10 rings (SSSR count). The Labute approximate surface area is 318 Å². The maximum absolute atomic E-state index is 9.40. The molecule has 0 spiro atoms. The van der Waals surface area contributed by atoms with Gasteiger partial charge in [-0.05, 0) is 87.0 Å². The largest absolute Gasteiger partial charge is 0.455 e. The molecule has 0 fully saturated rings. The molecule has 5 nitrogen and oxygen atoms in total. The van der Waals surface area contributed by atoms with Crippen molar-refractivity contribution in [1.29, 1.82) is 5.26 Å². The smallest absolute Gasteiger partial charge is 0.155 e. The van der Waals surface area contributed by atoms with Crippen LogP contribution in [-0.4, -0.2) is 11.7 Å². The Kier molecular flexibility index (Phi) is 8.00. The minimum Gasteiger partial charge on any atom is -0.455 e. The summed E-state index contributed by atoms with van der Waals surface area (Å²) in [5.74, 6) is 1.62. The average Bonchev–Trinajstić information content (AvgIpc) is 3.66. The van der Waals surface area contributed by atoms with Crippen LogP contribution in [0.25, 0.3) is 60.5 Å². The lowest BCUT2D eigenvalue weighted by Gasteiger charge is -2.25. The second-order valence-electron chi connectivity index (χ2n) is 14.0. The third kappa shape index (κ3) is 5.91. The van der Waals surface area contributed by atoms with Gasteiger partial charge in [0.1, 0.15) is 23.2 Å². The number of allylic oxidation sites excluding steroid dienone is 3. The number of nitriles is 1. The van der Waals surface area contributed by atoms with Crippen LogP contribution in [0.15, 0.2) is 190 Å². The van der Waals surface area contributed by atoms with E-state index in [0.29, 0.717) is 5.56 Å². The zero-order valence-electron chi connectivity index (χ0n) is 29.9. The van der Waals surface area contributed by atoms with Gasteiger partial charge in [0.25, 0.3) is 0 Å². The summed E-state index contributed by atoms with van der Waals surface area (Å²) in [4.78, 5) is 10.1. The Hall–Kier alpha value is -7.29. The van der Waals surface area contributed by atoms with Crippen LogP contribution in [0.3, 0.4) is 0 Å². The Morgan fingerprint density at radius 1 is 0.582 bits per heavy atom. The quantitative estimate of drug-likeness (QED) is 0.187. The Morgan fingerprint density at radius 3 is 1.98 bits per heavy atom. The summed E-state index contributed by atoms with van der Waals surface area (Å²) in [5.41, 5.74) is 12.6. The van der Waals surface area contributed by atoms with E-state index in [2.05, 4.69) is 133 Å². The fourth-order valence-corrected chi connectivity index (χ4v) is 7.92. The van der Waals surface area contributed by atoms with Crippen LogP contribution in [0.5, 0.6) is 0 Å². The number of hydrogen-bond acceptors (Lipinski definition) is 5. The summed E-state index contributed by atoms with van der Waals surface area (Å²) >= 11 is 0. The molecule has 8 aromatic rings. The third-order valence-corrected chi connectivity index (χ3v) is 10.7. The van der Waals surface area contributed by atoms with Gasteiger partial charge in [-0.15, -0.1) is 0 Å². The first-order chi connectivity index (χ1) is 27.2. The van der Waals surface area contributed by atoms with Crippen molar-refractivity contribution in [3.8, 4) is 28.3 Å². The molecular weight excluding hydrogens is 673 g/mol. The number of benzene rings is 7. The molecule has 0 saturated heterocycles. The zero-order valence-corrected chi connectivity index (χ0v) is 29.9. The van der Waals surface area contributed by atoms with Crippen molar-refractivity contribution in [2.24, 2.45) is 9.98 Å². The fourth-order valence-electron chi connectivity index (χ4n) is 7.92. The normalized spacial score (nSPS) is 15.5. The van der Waals surface area contributed by atoms with Crippen molar-refractivity contribution < 1.29 is 4.42 Å². The van der Waals surface area contributed by atoms with Crippen LogP contribution in [0.4, 0.5) is 0 Å². The topological polar surface area (TPSA) is 73.7 Å². The van der Waals surface area contributed by atoms with Crippen LogP contribution in [0.2, 0.25) is 0 Å². The number of fused-ring (bicyclic) bond motifs is 5. The Bertz CT molecular complexity index is 2930. The summed E-state index contributed by atoms with van der Waals surface area (Å²) in [6.45, 7) is 0. The fraction of sp³-hybridized carbons (Fsp3) is 0.0600. The van der Waals surface area contributed by atoms with Crippen LogP contribution in [-0.2, 0) is 0 Å². The van der Waals surface area contributed by atoms with E-state index in [-0.39, 0.29) is 6.17 Å². The molecule has 0 amide bonds. The second-order valence-corrected chi connectivity index (χ2v) is 14.0. The number of amidine groups is 2. The van der Waals surface area contributed by atoms with Gasteiger partial charge in [0.05, 0.1) is 11.6 Å². The van der Waals surface area contributed by atoms with Crippen molar-refractivity contribution in [1.82, 2.24) is 5.32 Å². The van der Waals surface area contributed by atoms with Gasteiger partial charge in [-0.2, -0.15) is 5.26 Å². The maximum Gasteiger partial charge on any atom is 0.155 e. The van der Waals surface area contributed by atoms with Gasteiger partial charge < -0.3 is 9.73 Å². The number of furan rings is 1. The Balaban J connectivity index is 0.995. The molecule has 0 radical (unpaired) electrons. The van der Waals surface area contributed by atoms with Gasteiger partial charge in [0.15, 0.2) is 5.84 Å². The molecule has 1 atom stereocenters. The van der Waals surface area contributed by atoms with E-state index in [0.717, 1.165) is 96.2 Å². The molecule has 2 heterocycles. The molecular formula is C50H34N4O. The molecule has 1 aliphatic heterocycles. The summed E-state index contributed by atoms with van der Waals surface area (Å²) in [7, 11) is 0. The third-order valence-electron chi connectivity index (χ3n) is 10.7. The number of hydrogen-bond donors (Lipinski definition) is 1. The first-order valence-electron chi connectivity index (χ1n) is 18.6. The van der Waals surface area contributed by atoms with E-state index in [4.69, 9.17) is 14.4 Å². The molecule has 55 heavy (non-hydrogen) atoms. The van der Waals surface area contributed by atoms with Crippen LogP contribution >= 0.6 is 0 Å².